The first kappa shape index (κ1) is 19.7. The summed E-state index contributed by atoms with van der Waals surface area (Å²) in [4.78, 5) is 4.51. The fourth-order valence-corrected chi connectivity index (χ4v) is 5.04. The van der Waals surface area contributed by atoms with E-state index in [-0.39, 0.29) is 10.7 Å². The van der Waals surface area contributed by atoms with Gasteiger partial charge in [-0.3, -0.25) is 9.12 Å². The zero-order valence-corrected chi connectivity index (χ0v) is 16.7. The van der Waals surface area contributed by atoms with Crippen LogP contribution >= 0.6 is 22.9 Å². The normalized spacial score (nSPS) is 12.4. The Labute approximate surface area is 172 Å². The van der Waals surface area contributed by atoms with E-state index in [9.17, 15) is 21.6 Å². The van der Waals surface area contributed by atoms with Crippen molar-refractivity contribution in [3.05, 3.63) is 70.8 Å². The lowest BCUT2D eigenvalue weighted by Crippen LogP contribution is -2.16. The summed E-state index contributed by atoms with van der Waals surface area (Å²) in [5, 5.41) is 1.54. The van der Waals surface area contributed by atoms with Crippen molar-refractivity contribution in [3.8, 4) is 11.3 Å². The Morgan fingerprint density at radius 3 is 2.62 bits per heavy atom. The molecule has 0 aliphatic heterocycles. The van der Waals surface area contributed by atoms with Crippen LogP contribution in [-0.4, -0.2) is 17.8 Å². The number of imidazole rings is 1. The molecule has 29 heavy (non-hydrogen) atoms. The number of fused-ring (bicyclic) bond motifs is 1. The molecule has 0 radical (unpaired) electrons. The number of sulfonamides is 1. The molecule has 5 nitrogen and oxygen atoms in total. The Morgan fingerprint density at radius 1 is 1.14 bits per heavy atom. The molecule has 0 aliphatic rings. The number of rotatable bonds is 4. The molecule has 0 saturated carbocycles. The van der Waals surface area contributed by atoms with E-state index in [1.165, 1.54) is 17.4 Å². The fraction of sp³-hybridized carbons (Fsp3) is 0.0556. The molecule has 0 unspecified atom stereocenters. The van der Waals surface area contributed by atoms with E-state index in [2.05, 4.69) is 9.71 Å². The van der Waals surface area contributed by atoms with Crippen LogP contribution in [0, 0.1) is 0 Å². The van der Waals surface area contributed by atoms with E-state index in [1.807, 2.05) is 11.6 Å². The minimum absolute atomic E-state index is 0.173. The number of nitrogens with one attached hydrogen (secondary N) is 1. The number of benzene rings is 2. The molecule has 1 N–H and O–H groups in total. The standard InChI is InChI=1S/C18H11ClF3N3O2S2/c19-13-6-5-11(18(20,21)22)9-16(13)29(26,27)24-14-4-2-1-3-12(14)15-10-25-7-8-28-17(25)23-15/h1-10,24H. The first-order valence-corrected chi connectivity index (χ1v) is 10.8. The van der Waals surface area contributed by atoms with Crippen LogP contribution < -0.4 is 4.72 Å². The molecule has 0 atom stereocenters. The van der Waals surface area contributed by atoms with Crippen LogP contribution in [0.4, 0.5) is 18.9 Å². The summed E-state index contributed by atoms with van der Waals surface area (Å²) < 4.78 is 68.8. The Bertz CT molecular complexity index is 1280. The number of halogens is 4. The maximum absolute atomic E-state index is 13.0. The van der Waals surface area contributed by atoms with Gasteiger partial charge in [0.25, 0.3) is 10.0 Å². The summed E-state index contributed by atoms with van der Waals surface area (Å²) in [5.41, 5.74) is 0.0667. The second-order valence-corrected chi connectivity index (χ2v) is 8.94. The fourth-order valence-electron chi connectivity index (χ4n) is 2.74. The topological polar surface area (TPSA) is 63.5 Å². The van der Waals surface area contributed by atoms with Crippen molar-refractivity contribution in [2.45, 2.75) is 11.1 Å². The zero-order valence-electron chi connectivity index (χ0n) is 14.3. The average Bonchev–Trinajstić information content (AvgIpc) is 3.23. The Morgan fingerprint density at radius 2 is 1.90 bits per heavy atom. The van der Waals surface area contributed by atoms with E-state index in [0.29, 0.717) is 17.3 Å². The largest absolute Gasteiger partial charge is 0.416 e. The van der Waals surface area contributed by atoms with Gasteiger partial charge in [-0.15, -0.1) is 11.3 Å². The summed E-state index contributed by atoms with van der Waals surface area (Å²) >= 11 is 7.31. The van der Waals surface area contributed by atoms with Crippen LogP contribution in [0.2, 0.25) is 5.02 Å². The summed E-state index contributed by atoms with van der Waals surface area (Å²) in [5.74, 6) is 0. The average molecular weight is 458 g/mol. The van der Waals surface area contributed by atoms with Gasteiger partial charge in [-0.25, -0.2) is 13.4 Å². The second-order valence-electron chi connectivity index (χ2n) is 6.01. The molecule has 4 rings (SSSR count). The first-order valence-electron chi connectivity index (χ1n) is 8.06. The molecule has 2 heterocycles. The van der Waals surface area contributed by atoms with Crippen molar-refractivity contribution in [2.75, 3.05) is 4.72 Å². The lowest BCUT2D eigenvalue weighted by molar-refractivity contribution is -0.137. The van der Waals surface area contributed by atoms with Crippen molar-refractivity contribution in [1.82, 2.24) is 9.38 Å². The van der Waals surface area contributed by atoms with E-state index in [4.69, 9.17) is 11.6 Å². The summed E-state index contributed by atoms with van der Waals surface area (Å²) in [6.45, 7) is 0. The minimum atomic E-state index is -4.70. The van der Waals surface area contributed by atoms with Gasteiger partial charge in [-0.2, -0.15) is 13.2 Å². The van der Waals surface area contributed by atoms with Crippen molar-refractivity contribution in [3.63, 3.8) is 0 Å². The highest BCUT2D eigenvalue weighted by atomic mass is 35.5. The molecule has 0 amide bonds. The lowest BCUT2D eigenvalue weighted by Gasteiger charge is -2.14. The number of para-hydroxylation sites is 1. The van der Waals surface area contributed by atoms with Gasteiger partial charge in [-0.1, -0.05) is 29.8 Å². The molecule has 0 aliphatic carbocycles. The lowest BCUT2D eigenvalue weighted by atomic mass is 10.1. The SMILES string of the molecule is O=S(=O)(Nc1ccccc1-c1cn2ccsc2n1)c1cc(C(F)(F)F)ccc1Cl. The zero-order chi connectivity index (χ0) is 20.8. The maximum Gasteiger partial charge on any atom is 0.416 e. The molecule has 0 saturated heterocycles. The number of nitrogens with zero attached hydrogens (tertiary/aromatic N) is 2. The van der Waals surface area contributed by atoms with E-state index in [0.717, 1.165) is 17.1 Å². The predicted octanol–water partition coefficient (Wildman–Crippen LogP) is 5.54. The summed E-state index contributed by atoms with van der Waals surface area (Å²) in [6, 6.07) is 8.63. The van der Waals surface area contributed by atoms with Crippen molar-refractivity contribution in [2.24, 2.45) is 0 Å². The third-order valence-electron chi connectivity index (χ3n) is 4.09. The van der Waals surface area contributed by atoms with Gasteiger partial charge in [0.1, 0.15) is 4.90 Å². The van der Waals surface area contributed by atoms with Crippen LogP contribution in [-0.2, 0) is 16.2 Å². The molecule has 150 valence electrons. The molecule has 4 aromatic rings. The number of aromatic nitrogens is 2. The predicted molar refractivity (Wildman–Crippen MR) is 106 cm³/mol. The van der Waals surface area contributed by atoms with Gasteiger partial charge in [0, 0.05) is 23.3 Å². The van der Waals surface area contributed by atoms with Gasteiger partial charge in [0.05, 0.1) is 22.0 Å². The Balaban J connectivity index is 1.76. The van der Waals surface area contributed by atoms with Gasteiger partial charge >= 0.3 is 6.18 Å². The van der Waals surface area contributed by atoms with Crippen molar-refractivity contribution in [1.29, 1.82) is 0 Å². The quantitative estimate of drug-likeness (QED) is 0.438. The number of alkyl halides is 3. The third kappa shape index (κ3) is 3.83. The van der Waals surface area contributed by atoms with E-state index in [1.54, 1.807) is 28.8 Å². The third-order valence-corrected chi connectivity index (χ3v) is 6.71. The molecule has 0 bridgehead atoms. The number of thiazole rings is 1. The Kier molecular flexibility index (Phi) is 4.80. The smallest absolute Gasteiger partial charge is 0.297 e. The maximum atomic E-state index is 13.0. The number of anilines is 1. The molecule has 0 fully saturated rings. The Hall–Kier alpha value is -2.56. The minimum Gasteiger partial charge on any atom is -0.297 e. The molecule has 11 heteroatoms. The molecular formula is C18H11ClF3N3O2S2. The molecule has 2 aromatic heterocycles. The van der Waals surface area contributed by atoms with Gasteiger partial charge in [0.15, 0.2) is 4.96 Å². The van der Waals surface area contributed by atoms with Crippen LogP contribution in [0.25, 0.3) is 16.2 Å². The summed E-state index contributed by atoms with van der Waals surface area (Å²) in [7, 11) is -4.39. The van der Waals surface area contributed by atoms with Crippen LogP contribution in [0.3, 0.4) is 0 Å². The number of hydrogen-bond acceptors (Lipinski definition) is 4. The number of hydrogen-bond donors (Lipinski definition) is 1. The monoisotopic (exact) mass is 457 g/mol. The van der Waals surface area contributed by atoms with Crippen LogP contribution in [0.1, 0.15) is 5.56 Å². The van der Waals surface area contributed by atoms with Gasteiger partial charge in [-0.05, 0) is 24.3 Å². The van der Waals surface area contributed by atoms with E-state index >= 15 is 0 Å². The van der Waals surface area contributed by atoms with Crippen LogP contribution in [0.5, 0.6) is 0 Å². The first-order chi connectivity index (χ1) is 13.6. The molecular weight excluding hydrogens is 447 g/mol. The van der Waals surface area contributed by atoms with E-state index < -0.39 is 26.7 Å². The summed E-state index contributed by atoms with van der Waals surface area (Å²) in [6.07, 6.45) is -1.16. The van der Waals surface area contributed by atoms with Crippen LogP contribution in [0.15, 0.2) is 65.1 Å². The highest BCUT2D eigenvalue weighted by Crippen LogP contribution is 2.35. The molecule has 2 aromatic carbocycles. The van der Waals surface area contributed by atoms with Crippen molar-refractivity contribution >= 4 is 43.6 Å². The van der Waals surface area contributed by atoms with Gasteiger partial charge < -0.3 is 0 Å². The second kappa shape index (κ2) is 7.05. The highest BCUT2D eigenvalue weighted by molar-refractivity contribution is 7.92. The van der Waals surface area contributed by atoms with Crippen molar-refractivity contribution < 1.29 is 21.6 Å². The highest BCUT2D eigenvalue weighted by Gasteiger charge is 2.33. The molecule has 0 spiro atoms. The van der Waals surface area contributed by atoms with Gasteiger partial charge in [0.2, 0.25) is 0 Å².